The van der Waals surface area contributed by atoms with Gasteiger partial charge in [0.2, 0.25) is 0 Å². The lowest BCUT2D eigenvalue weighted by atomic mass is 10.0. The van der Waals surface area contributed by atoms with E-state index in [9.17, 15) is 14.6 Å². The molecule has 0 aromatic carbocycles. The molecule has 0 amide bonds. The standard InChI is InChI=1S/C22H45O5P/c1-2-3-4-5-6-7-8-9-10-11-12-13-14-15-16-17-18-22(24,28(25)26)21-27-20-19-23/h23-24H,2-21H2,1H3. The predicted octanol–water partition coefficient (Wildman–Crippen LogP) is 5.44. The number of rotatable bonds is 22. The van der Waals surface area contributed by atoms with Gasteiger partial charge in [0.25, 0.3) is 5.34 Å². The van der Waals surface area contributed by atoms with Crippen molar-refractivity contribution in [1.29, 1.82) is 0 Å². The summed E-state index contributed by atoms with van der Waals surface area (Å²) in [6.45, 7) is 1.87. The number of unbranched alkanes of at least 4 members (excludes halogenated alkanes) is 15. The molecule has 0 aliphatic rings. The SMILES string of the molecule is CCCCCCCCCCCCCCCCCCC(O)(COCCO)[P+](=O)[O-]. The molecule has 0 aliphatic carbocycles. The second-order valence-electron chi connectivity index (χ2n) is 8.07. The average Bonchev–Trinajstić information content (AvgIpc) is 2.67. The predicted molar refractivity (Wildman–Crippen MR) is 115 cm³/mol. The third-order valence-electron chi connectivity index (χ3n) is 5.34. The van der Waals surface area contributed by atoms with E-state index < -0.39 is 13.4 Å². The van der Waals surface area contributed by atoms with Crippen LogP contribution in [0.1, 0.15) is 116 Å². The highest BCUT2D eigenvalue weighted by Crippen LogP contribution is 2.34. The summed E-state index contributed by atoms with van der Waals surface area (Å²) in [6, 6.07) is 0. The van der Waals surface area contributed by atoms with Gasteiger partial charge in [0.1, 0.15) is 6.61 Å². The highest BCUT2D eigenvalue weighted by atomic mass is 31.1. The quantitative estimate of drug-likeness (QED) is 0.180. The summed E-state index contributed by atoms with van der Waals surface area (Å²) in [5, 5.41) is 17.0. The maximum absolute atomic E-state index is 11.3. The normalized spacial score (nSPS) is 14.2. The lowest BCUT2D eigenvalue weighted by molar-refractivity contribution is -0.184. The second kappa shape index (κ2) is 20.2. The van der Waals surface area contributed by atoms with Gasteiger partial charge in [-0.3, -0.25) is 0 Å². The zero-order chi connectivity index (χ0) is 20.9. The van der Waals surface area contributed by atoms with Crippen LogP contribution in [0, 0.1) is 0 Å². The van der Waals surface area contributed by atoms with Gasteiger partial charge in [-0.1, -0.05) is 108 Å². The van der Waals surface area contributed by atoms with E-state index in [0.29, 0.717) is 6.42 Å². The number of aliphatic hydroxyl groups excluding tert-OH is 1. The van der Waals surface area contributed by atoms with Crippen LogP contribution in [0.15, 0.2) is 0 Å². The molecular formula is C22H45O5P. The number of aliphatic hydroxyl groups is 2. The van der Waals surface area contributed by atoms with Crippen molar-refractivity contribution in [2.24, 2.45) is 0 Å². The van der Waals surface area contributed by atoms with Crippen molar-refractivity contribution < 1.29 is 24.4 Å². The molecule has 0 saturated carbocycles. The van der Waals surface area contributed by atoms with E-state index >= 15 is 0 Å². The maximum atomic E-state index is 11.3. The van der Waals surface area contributed by atoms with Gasteiger partial charge in [-0.15, -0.1) is 0 Å². The molecule has 0 rings (SSSR count). The summed E-state index contributed by atoms with van der Waals surface area (Å²) in [6.07, 6.45) is 20.4. The van der Waals surface area contributed by atoms with Gasteiger partial charge in [0.05, 0.1) is 13.2 Å². The summed E-state index contributed by atoms with van der Waals surface area (Å²) in [5.41, 5.74) is 0. The zero-order valence-electron chi connectivity index (χ0n) is 18.2. The molecule has 0 aliphatic heterocycles. The fourth-order valence-electron chi connectivity index (χ4n) is 3.47. The van der Waals surface area contributed by atoms with Crippen LogP contribution >= 0.6 is 8.03 Å². The van der Waals surface area contributed by atoms with Crippen molar-refractivity contribution in [1.82, 2.24) is 0 Å². The molecule has 0 spiro atoms. The molecule has 0 heterocycles. The van der Waals surface area contributed by atoms with Gasteiger partial charge < -0.3 is 19.8 Å². The Bertz CT molecular complexity index is 354. The highest BCUT2D eigenvalue weighted by molar-refractivity contribution is 7.38. The van der Waals surface area contributed by atoms with Crippen LogP contribution in [-0.4, -0.2) is 35.4 Å². The number of ether oxygens (including phenoxy) is 1. The molecule has 2 atom stereocenters. The van der Waals surface area contributed by atoms with Crippen molar-refractivity contribution in [2.45, 2.75) is 121 Å². The molecule has 0 fully saturated rings. The molecule has 2 N–H and O–H groups in total. The summed E-state index contributed by atoms with van der Waals surface area (Å²) in [5.74, 6) is 0. The number of hydrogen-bond acceptors (Lipinski definition) is 5. The molecular weight excluding hydrogens is 375 g/mol. The van der Waals surface area contributed by atoms with E-state index in [1.165, 1.54) is 83.5 Å². The Balaban J connectivity index is 3.41. The van der Waals surface area contributed by atoms with E-state index in [4.69, 9.17) is 9.84 Å². The van der Waals surface area contributed by atoms with E-state index in [1.807, 2.05) is 0 Å². The fraction of sp³-hybridized carbons (Fsp3) is 1.00. The molecule has 0 radical (unpaired) electrons. The van der Waals surface area contributed by atoms with Crippen molar-refractivity contribution in [3.8, 4) is 0 Å². The summed E-state index contributed by atoms with van der Waals surface area (Å²) in [4.78, 5) is 11.3. The summed E-state index contributed by atoms with van der Waals surface area (Å²) in [7, 11) is -2.96. The molecule has 0 bridgehead atoms. The molecule has 168 valence electrons. The fourth-order valence-corrected chi connectivity index (χ4v) is 4.01. The van der Waals surface area contributed by atoms with Gasteiger partial charge in [-0.25, -0.2) is 0 Å². The first-order valence-electron chi connectivity index (χ1n) is 11.6. The van der Waals surface area contributed by atoms with Crippen LogP contribution in [0.2, 0.25) is 0 Å². The molecule has 0 aromatic rings. The summed E-state index contributed by atoms with van der Waals surface area (Å²) >= 11 is 0. The maximum Gasteiger partial charge on any atom is 0.346 e. The van der Waals surface area contributed by atoms with Crippen LogP contribution < -0.4 is 4.89 Å². The Labute approximate surface area is 174 Å². The number of hydrogen-bond donors (Lipinski definition) is 2. The molecule has 28 heavy (non-hydrogen) atoms. The Morgan fingerprint density at radius 2 is 1.18 bits per heavy atom. The van der Waals surface area contributed by atoms with Gasteiger partial charge in [0.15, 0.2) is 0 Å². The van der Waals surface area contributed by atoms with E-state index in [1.54, 1.807) is 0 Å². The molecule has 2 unspecified atom stereocenters. The van der Waals surface area contributed by atoms with E-state index in [0.717, 1.165) is 12.8 Å². The van der Waals surface area contributed by atoms with Gasteiger partial charge in [0, 0.05) is 6.42 Å². The lowest BCUT2D eigenvalue weighted by Gasteiger charge is -2.19. The smallest absolute Gasteiger partial charge is 0.346 e. The van der Waals surface area contributed by atoms with E-state index in [2.05, 4.69) is 6.92 Å². The first kappa shape index (κ1) is 27.9. The minimum atomic E-state index is -2.96. The lowest BCUT2D eigenvalue weighted by Crippen LogP contribution is -2.34. The molecule has 0 aromatic heterocycles. The van der Waals surface area contributed by atoms with E-state index in [-0.39, 0.29) is 26.2 Å². The van der Waals surface area contributed by atoms with Crippen LogP contribution in [0.4, 0.5) is 0 Å². The Hall–Kier alpha value is -0.0600. The monoisotopic (exact) mass is 420 g/mol. The second-order valence-corrected chi connectivity index (χ2v) is 9.42. The summed E-state index contributed by atoms with van der Waals surface area (Å²) < 4.78 is 16.3. The van der Waals surface area contributed by atoms with Crippen molar-refractivity contribution in [3.05, 3.63) is 0 Å². The van der Waals surface area contributed by atoms with Gasteiger partial charge in [-0.05, 0) is 6.42 Å². The third-order valence-corrected chi connectivity index (χ3v) is 6.37. The van der Waals surface area contributed by atoms with Crippen LogP contribution in [0.5, 0.6) is 0 Å². The minimum Gasteiger partial charge on any atom is -0.593 e. The Kier molecular flexibility index (Phi) is 20.2. The van der Waals surface area contributed by atoms with Crippen molar-refractivity contribution in [3.63, 3.8) is 0 Å². The van der Waals surface area contributed by atoms with Crippen LogP contribution in [-0.2, 0) is 9.30 Å². The zero-order valence-corrected chi connectivity index (χ0v) is 19.1. The first-order valence-corrected chi connectivity index (χ1v) is 12.8. The largest absolute Gasteiger partial charge is 0.593 e. The first-order chi connectivity index (χ1) is 13.6. The highest BCUT2D eigenvalue weighted by Gasteiger charge is 2.40. The topological polar surface area (TPSA) is 89.8 Å². The molecule has 6 heteroatoms. The Morgan fingerprint density at radius 3 is 1.54 bits per heavy atom. The third kappa shape index (κ3) is 16.9. The van der Waals surface area contributed by atoms with Crippen LogP contribution in [0.3, 0.4) is 0 Å². The average molecular weight is 421 g/mol. The minimum absolute atomic E-state index is 0.0461. The Morgan fingerprint density at radius 1 is 0.786 bits per heavy atom. The van der Waals surface area contributed by atoms with Gasteiger partial charge >= 0.3 is 8.03 Å². The van der Waals surface area contributed by atoms with Gasteiger partial charge in [-0.2, -0.15) is 0 Å². The van der Waals surface area contributed by atoms with Crippen molar-refractivity contribution in [2.75, 3.05) is 19.8 Å². The molecule has 5 nitrogen and oxygen atoms in total. The van der Waals surface area contributed by atoms with Crippen molar-refractivity contribution >= 4 is 8.03 Å². The van der Waals surface area contributed by atoms with Crippen LogP contribution in [0.25, 0.3) is 0 Å². The molecule has 0 saturated heterocycles.